The second kappa shape index (κ2) is 7.45. The van der Waals surface area contributed by atoms with Crippen molar-refractivity contribution in [2.24, 2.45) is 0 Å². The molecule has 27 heavy (non-hydrogen) atoms. The second-order valence-corrected chi connectivity index (χ2v) is 6.33. The highest BCUT2D eigenvalue weighted by atomic mass is 16.6. The van der Waals surface area contributed by atoms with E-state index < -0.39 is 11.0 Å². The second-order valence-electron chi connectivity index (χ2n) is 6.33. The number of carbonyl (C=O) groups excluding carboxylic acids is 1. The molecule has 1 saturated heterocycles. The van der Waals surface area contributed by atoms with E-state index in [1.54, 1.807) is 36.3 Å². The number of hydrogen-bond acceptors (Lipinski definition) is 4. The summed E-state index contributed by atoms with van der Waals surface area (Å²) in [5.74, 6) is 0.331. The summed E-state index contributed by atoms with van der Waals surface area (Å²) in [6.45, 7) is 3.26. The van der Waals surface area contributed by atoms with Gasteiger partial charge >= 0.3 is 0 Å². The summed E-state index contributed by atoms with van der Waals surface area (Å²) in [7, 11) is 1.57. The minimum absolute atomic E-state index is 0.115. The summed E-state index contributed by atoms with van der Waals surface area (Å²) < 4.78 is 5.16. The number of β-lactam (4-membered cyclic amide) rings is 1. The highest BCUT2D eigenvalue weighted by Gasteiger charge is 2.48. The van der Waals surface area contributed by atoms with Gasteiger partial charge in [0, 0.05) is 12.6 Å². The Balaban J connectivity index is 2.04. The first kappa shape index (κ1) is 18.4. The Morgan fingerprint density at radius 3 is 2.30 bits per heavy atom. The molecule has 2 aromatic rings. The van der Waals surface area contributed by atoms with E-state index in [1.807, 2.05) is 43.3 Å². The van der Waals surface area contributed by atoms with Gasteiger partial charge in [0.25, 0.3) is 11.6 Å². The number of rotatable bonds is 5. The van der Waals surface area contributed by atoms with Crippen molar-refractivity contribution in [1.82, 2.24) is 0 Å². The smallest absolute Gasteiger partial charge is 0.264 e. The predicted octanol–water partition coefficient (Wildman–Crippen LogP) is 4.06. The van der Waals surface area contributed by atoms with Gasteiger partial charge in [0.2, 0.25) is 0 Å². The average molecular weight is 364 g/mol. The van der Waals surface area contributed by atoms with Crippen molar-refractivity contribution in [3.05, 3.63) is 87.1 Å². The van der Waals surface area contributed by atoms with Crippen LogP contribution in [0.5, 0.6) is 5.75 Å². The molecule has 2 aromatic carbocycles. The third-order valence-corrected chi connectivity index (χ3v) is 4.62. The molecule has 3 rings (SSSR count). The monoisotopic (exact) mass is 364 g/mol. The van der Waals surface area contributed by atoms with Gasteiger partial charge in [-0.3, -0.25) is 19.8 Å². The number of amides is 1. The molecular formula is C21H20N2O4. The van der Waals surface area contributed by atoms with Gasteiger partial charge in [-0.1, -0.05) is 36.4 Å². The van der Waals surface area contributed by atoms with Gasteiger partial charge in [-0.2, -0.15) is 0 Å². The Hall–Kier alpha value is -3.41. The first-order chi connectivity index (χ1) is 12.9. The zero-order chi connectivity index (χ0) is 19.6. The molecule has 0 N–H and O–H groups in total. The van der Waals surface area contributed by atoms with Gasteiger partial charge in [0.15, 0.2) is 0 Å². The SMILES string of the molecule is COc1ccc(N2C(=O)/C(=C(/C)[N+](=O)[O-])C2/C(C)=C/c2ccccc2)cc1. The average Bonchev–Trinajstić information content (AvgIpc) is 2.67. The van der Waals surface area contributed by atoms with Crippen molar-refractivity contribution < 1.29 is 14.5 Å². The largest absolute Gasteiger partial charge is 0.497 e. The lowest BCUT2D eigenvalue weighted by Crippen LogP contribution is -2.57. The van der Waals surface area contributed by atoms with E-state index in [-0.39, 0.29) is 17.2 Å². The highest BCUT2D eigenvalue weighted by molar-refractivity contribution is 6.16. The van der Waals surface area contributed by atoms with Crippen LogP contribution in [0.1, 0.15) is 19.4 Å². The molecule has 1 atom stereocenters. The summed E-state index contributed by atoms with van der Waals surface area (Å²) >= 11 is 0. The molecule has 1 unspecified atom stereocenters. The summed E-state index contributed by atoms with van der Waals surface area (Å²) in [6, 6.07) is 16.3. The zero-order valence-electron chi connectivity index (χ0n) is 15.4. The number of methoxy groups -OCH3 is 1. The fourth-order valence-corrected chi connectivity index (χ4v) is 3.21. The Morgan fingerprint density at radius 1 is 1.11 bits per heavy atom. The summed E-state index contributed by atoms with van der Waals surface area (Å²) in [6.07, 6.45) is 1.95. The number of anilines is 1. The van der Waals surface area contributed by atoms with Crippen molar-refractivity contribution in [3.8, 4) is 5.75 Å². The van der Waals surface area contributed by atoms with E-state index >= 15 is 0 Å². The molecule has 1 aliphatic rings. The van der Waals surface area contributed by atoms with E-state index in [2.05, 4.69) is 0 Å². The van der Waals surface area contributed by atoms with Crippen LogP contribution in [0.2, 0.25) is 0 Å². The van der Waals surface area contributed by atoms with Crippen molar-refractivity contribution in [1.29, 1.82) is 0 Å². The minimum atomic E-state index is -0.499. The van der Waals surface area contributed by atoms with Crippen LogP contribution in [0.25, 0.3) is 6.08 Å². The molecule has 1 fully saturated rings. The molecule has 0 bridgehead atoms. The minimum Gasteiger partial charge on any atom is -0.497 e. The number of carbonyl (C=O) groups is 1. The summed E-state index contributed by atoms with van der Waals surface area (Å²) in [4.78, 5) is 25.1. The molecule has 0 aromatic heterocycles. The number of allylic oxidation sites excluding steroid dienone is 1. The number of hydrogen-bond donors (Lipinski definition) is 0. The van der Waals surface area contributed by atoms with Crippen LogP contribution in [0, 0.1) is 10.1 Å². The number of ether oxygens (including phenoxy) is 1. The number of nitro groups is 1. The maximum absolute atomic E-state index is 12.7. The highest BCUT2D eigenvalue weighted by Crippen LogP contribution is 2.39. The molecule has 1 aliphatic heterocycles. The third kappa shape index (κ3) is 3.46. The van der Waals surface area contributed by atoms with Crippen LogP contribution in [-0.4, -0.2) is 24.0 Å². The molecule has 0 saturated carbocycles. The van der Waals surface area contributed by atoms with Gasteiger partial charge in [0.05, 0.1) is 18.1 Å². The van der Waals surface area contributed by atoms with Crippen molar-refractivity contribution >= 4 is 17.7 Å². The van der Waals surface area contributed by atoms with Crippen LogP contribution >= 0.6 is 0 Å². The summed E-state index contributed by atoms with van der Waals surface area (Å²) in [5.41, 5.74) is 2.61. The molecular weight excluding hydrogens is 344 g/mol. The normalized spacial score (nSPS) is 18.8. The zero-order valence-corrected chi connectivity index (χ0v) is 15.4. The Morgan fingerprint density at radius 2 is 1.74 bits per heavy atom. The molecule has 0 aliphatic carbocycles. The fraction of sp³-hybridized carbons (Fsp3) is 0.190. The van der Waals surface area contributed by atoms with E-state index in [1.165, 1.54) is 6.92 Å². The van der Waals surface area contributed by atoms with E-state index in [4.69, 9.17) is 4.74 Å². The standard InChI is InChI=1S/C21H20N2O4/c1-14(13-16-7-5-4-6-8-16)20-19(15(2)23(25)26)21(24)22(20)17-9-11-18(27-3)12-10-17/h4-13,20H,1-3H3/b14-13+,19-15-. The van der Waals surface area contributed by atoms with E-state index in [0.29, 0.717) is 11.4 Å². The topological polar surface area (TPSA) is 72.7 Å². The fourth-order valence-electron chi connectivity index (χ4n) is 3.21. The van der Waals surface area contributed by atoms with Gasteiger partial charge in [0.1, 0.15) is 11.3 Å². The van der Waals surface area contributed by atoms with Crippen molar-refractivity contribution in [2.75, 3.05) is 12.0 Å². The number of benzene rings is 2. The predicted molar refractivity (Wildman–Crippen MR) is 104 cm³/mol. The van der Waals surface area contributed by atoms with Gasteiger partial charge in [-0.25, -0.2) is 0 Å². The molecule has 1 amide bonds. The number of nitrogens with zero attached hydrogens (tertiary/aromatic N) is 2. The summed E-state index contributed by atoms with van der Waals surface area (Å²) in [5, 5.41) is 11.3. The van der Waals surface area contributed by atoms with E-state index in [0.717, 1.165) is 11.1 Å². The maximum Gasteiger partial charge on any atom is 0.264 e. The molecule has 6 nitrogen and oxygen atoms in total. The van der Waals surface area contributed by atoms with Crippen molar-refractivity contribution in [2.45, 2.75) is 19.9 Å². The Kier molecular flexibility index (Phi) is 5.07. The Labute approximate surface area is 157 Å². The first-order valence-corrected chi connectivity index (χ1v) is 8.50. The molecule has 1 heterocycles. The molecule has 0 spiro atoms. The van der Waals surface area contributed by atoms with Gasteiger partial charge < -0.3 is 4.74 Å². The van der Waals surface area contributed by atoms with Crippen LogP contribution in [0.15, 0.2) is 71.4 Å². The third-order valence-electron chi connectivity index (χ3n) is 4.62. The first-order valence-electron chi connectivity index (χ1n) is 8.50. The lowest BCUT2D eigenvalue weighted by molar-refractivity contribution is -0.425. The Bertz CT molecular complexity index is 930. The lowest BCUT2D eigenvalue weighted by Gasteiger charge is -2.42. The molecule has 0 radical (unpaired) electrons. The van der Waals surface area contributed by atoms with Gasteiger partial charge in [-0.05, 0) is 42.3 Å². The maximum atomic E-state index is 12.7. The van der Waals surface area contributed by atoms with Gasteiger partial charge in [-0.15, -0.1) is 0 Å². The van der Waals surface area contributed by atoms with E-state index in [9.17, 15) is 14.9 Å². The van der Waals surface area contributed by atoms with Crippen LogP contribution in [0.4, 0.5) is 5.69 Å². The molecule has 138 valence electrons. The quantitative estimate of drug-likeness (QED) is 0.347. The molecule has 6 heteroatoms. The van der Waals surface area contributed by atoms with Crippen LogP contribution in [-0.2, 0) is 4.79 Å². The van der Waals surface area contributed by atoms with Crippen LogP contribution in [0.3, 0.4) is 0 Å². The van der Waals surface area contributed by atoms with Crippen LogP contribution < -0.4 is 9.64 Å². The lowest BCUT2D eigenvalue weighted by atomic mass is 9.85. The van der Waals surface area contributed by atoms with Crippen molar-refractivity contribution in [3.63, 3.8) is 0 Å².